The van der Waals surface area contributed by atoms with E-state index in [2.05, 4.69) is 37.5 Å². The molecule has 0 bridgehead atoms. The van der Waals surface area contributed by atoms with Gasteiger partial charge in [0.2, 0.25) is 0 Å². The molecule has 0 aliphatic heterocycles. The van der Waals surface area contributed by atoms with Gasteiger partial charge in [0.25, 0.3) is 5.91 Å². The quantitative estimate of drug-likeness (QED) is 0.773. The van der Waals surface area contributed by atoms with Gasteiger partial charge in [-0.1, -0.05) is 31.5 Å². The minimum atomic E-state index is -0.0368. The summed E-state index contributed by atoms with van der Waals surface area (Å²) < 4.78 is 5.69. The second-order valence-electron chi connectivity index (χ2n) is 6.18. The van der Waals surface area contributed by atoms with E-state index in [1.807, 2.05) is 12.1 Å². The zero-order valence-corrected chi connectivity index (χ0v) is 13.2. The fraction of sp³-hybridized carbons (Fsp3) is 0.588. The lowest BCUT2D eigenvalue weighted by Gasteiger charge is -2.14. The van der Waals surface area contributed by atoms with Crippen molar-refractivity contribution in [2.24, 2.45) is 5.92 Å². The average Bonchev–Trinajstić information content (AvgIpc) is 3.26. The van der Waals surface area contributed by atoms with Crippen molar-refractivity contribution >= 4 is 5.91 Å². The molecule has 1 aliphatic rings. The van der Waals surface area contributed by atoms with Crippen LogP contribution in [0.3, 0.4) is 0 Å². The molecule has 0 radical (unpaired) electrons. The van der Waals surface area contributed by atoms with E-state index in [4.69, 9.17) is 4.74 Å². The molecule has 0 heterocycles. The molecule has 116 valence electrons. The maximum absolute atomic E-state index is 11.7. The summed E-state index contributed by atoms with van der Waals surface area (Å²) in [7, 11) is 0. The Morgan fingerprint density at radius 1 is 1.38 bits per heavy atom. The van der Waals surface area contributed by atoms with Crippen LogP contribution >= 0.6 is 0 Å². The topological polar surface area (TPSA) is 50.4 Å². The highest BCUT2D eigenvalue weighted by Crippen LogP contribution is 2.27. The van der Waals surface area contributed by atoms with Gasteiger partial charge in [0.15, 0.2) is 6.61 Å². The fourth-order valence-corrected chi connectivity index (χ4v) is 2.08. The van der Waals surface area contributed by atoms with Gasteiger partial charge < -0.3 is 15.4 Å². The van der Waals surface area contributed by atoms with Crippen LogP contribution < -0.4 is 15.4 Å². The van der Waals surface area contributed by atoms with E-state index in [0.29, 0.717) is 12.0 Å². The van der Waals surface area contributed by atoms with Gasteiger partial charge in [0, 0.05) is 24.7 Å². The molecule has 1 aromatic rings. The third-order valence-electron chi connectivity index (χ3n) is 3.56. The van der Waals surface area contributed by atoms with Gasteiger partial charge in [-0.2, -0.15) is 0 Å². The predicted molar refractivity (Wildman–Crippen MR) is 84.4 cm³/mol. The molecule has 1 amide bonds. The monoisotopic (exact) mass is 290 g/mol. The molecule has 1 aromatic carbocycles. The molecule has 1 saturated carbocycles. The van der Waals surface area contributed by atoms with Crippen LogP contribution in [0.15, 0.2) is 18.2 Å². The molecule has 0 unspecified atom stereocenters. The Morgan fingerprint density at radius 3 is 2.81 bits per heavy atom. The second kappa shape index (κ2) is 7.46. The summed E-state index contributed by atoms with van der Waals surface area (Å²) in [6.07, 6.45) is 2.48. The highest BCUT2D eigenvalue weighted by Gasteiger charge is 2.21. The van der Waals surface area contributed by atoms with Crippen LogP contribution in [0.5, 0.6) is 5.75 Å². The first-order valence-corrected chi connectivity index (χ1v) is 7.77. The maximum Gasteiger partial charge on any atom is 0.257 e. The van der Waals surface area contributed by atoms with Gasteiger partial charge in [-0.25, -0.2) is 0 Å². The minimum absolute atomic E-state index is 0.0368. The minimum Gasteiger partial charge on any atom is -0.483 e. The van der Waals surface area contributed by atoms with Crippen LogP contribution in [-0.4, -0.2) is 25.1 Å². The van der Waals surface area contributed by atoms with Gasteiger partial charge >= 0.3 is 0 Å². The summed E-state index contributed by atoms with van der Waals surface area (Å²) in [6.45, 7) is 7.91. The first-order valence-electron chi connectivity index (χ1n) is 7.77. The van der Waals surface area contributed by atoms with E-state index in [1.54, 1.807) is 0 Å². The number of carbonyl (C=O) groups is 1. The lowest BCUT2D eigenvalue weighted by atomic mass is 10.1. The van der Waals surface area contributed by atoms with Crippen molar-refractivity contribution in [3.8, 4) is 5.75 Å². The number of ether oxygens (including phenoxy) is 1. The molecule has 1 fully saturated rings. The van der Waals surface area contributed by atoms with E-state index < -0.39 is 0 Å². The van der Waals surface area contributed by atoms with Crippen molar-refractivity contribution in [3.05, 3.63) is 29.3 Å². The van der Waals surface area contributed by atoms with Crippen LogP contribution in [-0.2, 0) is 11.3 Å². The van der Waals surface area contributed by atoms with Crippen molar-refractivity contribution in [2.45, 2.75) is 46.2 Å². The molecular weight excluding hydrogens is 264 g/mol. The fourth-order valence-electron chi connectivity index (χ4n) is 2.08. The summed E-state index contributed by atoms with van der Waals surface area (Å²) in [5.74, 6) is 1.44. The van der Waals surface area contributed by atoms with Crippen molar-refractivity contribution in [1.29, 1.82) is 0 Å². The van der Waals surface area contributed by atoms with Crippen molar-refractivity contribution in [1.82, 2.24) is 10.6 Å². The Bertz CT molecular complexity index is 482. The molecule has 0 atom stereocenters. The van der Waals surface area contributed by atoms with Gasteiger partial charge in [0.1, 0.15) is 5.75 Å². The van der Waals surface area contributed by atoms with Gasteiger partial charge in [-0.15, -0.1) is 0 Å². The number of aryl methyl sites for hydroxylation is 1. The predicted octanol–water partition coefficient (Wildman–Crippen LogP) is 2.40. The van der Waals surface area contributed by atoms with Crippen LogP contribution in [0.2, 0.25) is 0 Å². The van der Waals surface area contributed by atoms with Gasteiger partial charge in [0.05, 0.1) is 0 Å². The zero-order chi connectivity index (χ0) is 15.2. The van der Waals surface area contributed by atoms with Crippen LogP contribution in [0, 0.1) is 12.8 Å². The number of nitrogens with one attached hydrogen (secondary N) is 2. The Hall–Kier alpha value is -1.55. The van der Waals surface area contributed by atoms with Gasteiger partial charge in [-0.05, 0) is 31.7 Å². The second-order valence-corrected chi connectivity index (χ2v) is 6.18. The maximum atomic E-state index is 11.7. The number of benzene rings is 1. The van der Waals surface area contributed by atoms with E-state index in [-0.39, 0.29) is 12.5 Å². The summed E-state index contributed by atoms with van der Waals surface area (Å²) in [5, 5.41) is 6.30. The standard InChI is InChI=1S/C17H26N2O2/c1-12(2)18-10-15-8-13(3)4-7-16(15)21-11-17(20)19-9-14-5-6-14/h4,7-8,12,14,18H,5-6,9-11H2,1-3H3,(H,19,20). The summed E-state index contributed by atoms with van der Waals surface area (Å²) in [6, 6.07) is 6.48. The number of rotatable bonds is 8. The Labute approximate surface area is 127 Å². The summed E-state index contributed by atoms with van der Waals surface area (Å²) >= 11 is 0. The molecule has 0 aromatic heterocycles. The normalized spacial score (nSPS) is 14.3. The highest BCUT2D eigenvalue weighted by molar-refractivity contribution is 5.77. The van der Waals surface area contributed by atoms with E-state index in [1.165, 1.54) is 18.4 Å². The van der Waals surface area contributed by atoms with Crippen LogP contribution in [0.4, 0.5) is 0 Å². The third kappa shape index (κ3) is 5.76. The lowest BCUT2D eigenvalue weighted by molar-refractivity contribution is -0.123. The Morgan fingerprint density at radius 2 is 2.14 bits per heavy atom. The van der Waals surface area contributed by atoms with E-state index >= 15 is 0 Å². The number of carbonyl (C=O) groups excluding carboxylic acids is 1. The lowest BCUT2D eigenvalue weighted by Crippen LogP contribution is -2.30. The van der Waals surface area contributed by atoms with Crippen molar-refractivity contribution < 1.29 is 9.53 Å². The number of hydrogen-bond acceptors (Lipinski definition) is 3. The third-order valence-corrected chi connectivity index (χ3v) is 3.56. The molecule has 0 saturated heterocycles. The molecule has 1 aliphatic carbocycles. The first-order chi connectivity index (χ1) is 10.0. The largest absolute Gasteiger partial charge is 0.483 e. The molecule has 4 nitrogen and oxygen atoms in total. The molecule has 2 rings (SSSR count). The van der Waals surface area contributed by atoms with Crippen molar-refractivity contribution in [3.63, 3.8) is 0 Å². The zero-order valence-electron chi connectivity index (χ0n) is 13.2. The molecular formula is C17H26N2O2. The summed E-state index contributed by atoms with van der Waals surface area (Å²) in [4.78, 5) is 11.7. The molecule has 21 heavy (non-hydrogen) atoms. The highest BCUT2D eigenvalue weighted by atomic mass is 16.5. The molecule has 2 N–H and O–H groups in total. The van der Waals surface area contributed by atoms with Crippen LogP contribution in [0.25, 0.3) is 0 Å². The SMILES string of the molecule is Cc1ccc(OCC(=O)NCC2CC2)c(CNC(C)C)c1. The molecule has 4 heteroatoms. The average molecular weight is 290 g/mol. The van der Waals surface area contributed by atoms with Crippen LogP contribution in [0.1, 0.15) is 37.8 Å². The van der Waals surface area contributed by atoms with Crippen molar-refractivity contribution in [2.75, 3.05) is 13.2 Å². The smallest absolute Gasteiger partial charge is 0.257 e. The first kappa shape index (κ1) is 15.8. The van der Waals surface area contributed by atoms with E-state index in [9.17, 15) is 4.79 Å². The Balaban J connectivity index is 1.86. The number of amides is 1. The van der Waals surface area contributed by atoms with Gasteiger partial charge in [-0.3, -0.25) is 4.79 Å². The summed E-state index contributed by atoms with van der Waals surface area (Å²) in [5.41, 5.74) is 2.29. The molecule has 0 spiro atoms. The van der Waals surface area contributed by atoms with E-state index in [0.717, 1.165) is 24.4 Å². The Kier molecular flexibility index (Phi) is 5.62. The number of hydrogen-bond donors (Lipinski definition) is 2.